The van der Waals surface area contributed by atoms with Gasteiger partial charge in [0.05, 0.1) is 11.4 Å². The fourth-order valence-corrected chi connectivity index (χ4v) is 3.16. The number of halogens is 1. The highest BCUT2D eigenvalue weighted by Gasteiger charge is 2.69. The van der Waals surface area contributed by atoms with E-state index in [4.69, 9.17) is 0 Å². The van der Waals surface area contributed by atoms with Crippen LogP contribution in [0.25, 0.3) is 0 Å². The second-order valence-electron chi connectivity index (χ2n) is 4.71. The molecular weight excluding hydrogens is 213 g/mol. The number of hydrogen-bond donors (Lipinski definition) is 0. The van der Waals surface area contributed by atoms with Gasteiger partial charge in [-0.15, -0.1) is 0 Å². The van der Waals surface area contributed by atoms with Crippen LogP contribution in [0.2, 0.25) is 0 Å². The van der Waals surface area contributed by atoms with E-state index in [1.165, 1.54) is 13.0 Å². The first-order chi connectivity index (χ1) is 7.92. The molecule has 0 aromatic carbocycles. The molecule has 1 saturated carbocycles. The van der Waals surface area contributed by atoms with E-state index >= 15 is 0 Å². The molecule has 2 unspecified atom stereocenters. The van der Waals surface area contributed by atoms with Crippen molar-refractivity contribution >= 4 is 6.72 Å². The first kappa shape index (κ1) is 13.9. The van der Waals surface area contributed by atoms with Crippen LogP contribution >= 0.6 is 0 Å². The third-order valence-electron chi connectivity index (χ3n) is 4.21. The van der Waals surface area contributed by atoms with Crippen LogP contribution < -0.4 is 0 Å². The molecule has 1 rings (SSSR count). The summed E-state index contributed by atoms with van der Waals surface area (Å²) < 4.78 is 12.8. The highest BCUT2D eigenvalue weighted by molar-refractivity contribution is 5.60. The van der Waals surface area contributed by atoms with E-state index in [0.29, 0.717) is 0 Å². The molecule has 0 radical (unpaired) electrons. The van der Waals surface area contributed by atoms with Gasteiger partial charge in [-0.25, -0.2) is 4.39 Å². The van der Waals surface area contributed by atoms with Crippen LogP contribution in [0.3, 0.4) is 0 Å². The second kappa shape index (κ2) is 4.59. The van der Waals surface area contributed by atoms with Gasteiger partial charge in [0.2, 0.25) is 0 Å². The first-order valence-electron chi connectivity index (χ1n) is 6.11. The predicted octanol–water partition coefficient (Wildman–Crippen LogP) is 4.62. The molecule has 0 amide bonds. The normalized spacial score (nSPS) is 33.8. The van der Waals surface area contributed by atoms with Gasteiger partial charge in [0.25, 0.3) is 0 Å². The average Bonchev–Trinajstić information content (AvgIpc) is 2.86. The molecule has 0 bridgehead atoms. The van der Waals surface area contributed by atoms with Crippen LogP contribution in [0.4, 0.5) is 4.39 Å². The molecule has 2 heteroatoms. The summed E-state index contributed by atoms with van der Waals surface area (Å²) in [5, 5.41) is 0. The van der Waals surface area contributed by atoms with Crippen LogP contribution in [0.1, 0.15) is 40.5 Å². The van der Waals surface area contributed by atoms with Gasteiger partial charge >= 0.3 is 0 Å². The Morgan fingerprint density at radius 1 is 1.29 bits per heavy atom. The molecule has 0 spiro atoms. The zero-order valence-electron chi connectivity index (χ0n) is 11.3. The van der Waals surface area contributed by atoms with Crippen molar-refractivity contribution in [3.05, 3.63) is 35.7 Å². The van der Waals surface area contributed by atoms with Gasteiger partial charge in [-0.3, -0.25) is 4.99 Å². The van der Waals surface area contributed by atoms with E-state index in [0.717, 1.165) is 24.0 Å². The zero-order valence-corrected chi connectivity index (χ0v) is 11.3. The second-order valence-corrected chi connectivity index (χ2v) is 4.71. The lowest BCUT2D eigenvalue weighted by molar-refractivity contribution is 0.457. The molecule has 1 nitrogen and oxygen atoms in total. The van der Waals surface area contributed by atoms with E-state index in [2.05, 4.69) is 32.1 Å². The Bertz CT molecular complexity index is 401. The van der Waals surface area contributed by atoms with Crippen molar-refractivity contribution in [2.45, 2.75) is 46.1 Å². The van der Waals surface area contributed by atoms with Gasteiger partial charge in [-0.05, 0) is 45.1 Å². The molecule has 0 aromatic heterocycles. The van der Waals surface area contributed by atoms with Crippen LogP contribution in [-0.4, -0.2) is 12.3 Å². The topological polar surface area (TPSA) is 12.4 Å². The summed E-state index contributed by atoms with van der Waals surface area (Å²) in [6.45, 7) is 15.5. The summed E-state index contributed by atoms with van der Waals surface area (Å²) in [6, 6.07) is 0. The number of aliphatic imine (C=N–C) groups is 1. The van der Waals surface area contributed by atoms with E-state index in [-0.39, 0.29) is 16.8 Å². The number of allylic oxidation sites excluding steroid dienone is 3. The van der Waals surface area contributed by atoms with Crippen molar-refractivity contribution in [3.63, 3.8) is 0 Å². The van der Waals surface area contributed by atoms with Crippen molar-refractivity contribution < 1.29 is 4.39 Å². The molecule has 0 aliphatic heterocycles. The Morgan fingerprint density at radius 3 is 2.18 bits per heavy atom. The molecule has 17 heavy (non-hydrogen) atoms. The quantitative estimate of drug-likeness (QED) is 0.374. The smallest absolute Gasteiger partial charge is 0.0968 e. The van der Waals surface area contributed by atoms with Gasteiger partial charge < -0.3 is 0 Å². The van der Waals surface area contributed by atoms with Gasteiger partial charge in [-0.2, -0.15) is 0 Å². The van der Waals surface area contributed by atoms with Crippen molar-refractivity contribution in [1.82, 2.24) is 0 Å². The fourth-order valence-electron chi connectivity index (χ4n) is 3.16. The Morgan fingerprint density at radius 2 is 1.88 bits per heavy atom. The van der Waals surface area contributed by atoms with Crippen molar-refractivity contribution in [2.75, 3.05) is 0 Å². The minimum Gasteiger partial charge on any atom is -0.289 e. The molecule has 0 aromatic rings. The van der Waals surface area contributed by atoms with Gasteiger partial charge in [0.15, 0.2) is 0 Å². The highest BCUT2D eigenvalue weighted by Crippen LogP contribution is 2.70. The molecular formula is C15H22FN. The van der Waals surface area contributed by atoms with Crippen molar-refractivity contribution in [1.29, 1.82) is 0 Å². The van der Waals surface area contributed by atoms with Gasteiger partial charge in [0, 0.05) is 5.41 Å². The maximum Gasteiger partial charge on any atom is 0.0968 e. The Kier molecular flexibility index (Phi) is 3.75. The highest BCUT2D eigenvalue weighted by atomic mass is 19.1. The zero-order chi connectivity index (χ0) is 13.3. The minimum atomic E-state index is -0.236. The van der Waals surface area contributed by atoms with Gasteiger partial charge in [0.1, 0.15) is 0 Å². The number of hydrogen-bond acceptors (Lipinski definition) is 1. The van der Waals surface area contributed by atoms with Crippen molar-refractivity contribution in [3.8, 4) is 0 Å². The first-order valence-corrected chi connectivity index (χ1v) is 6.11. The summed E-state index contributed by atoms with van der Waals surface area (Å²) in [5.74, 6) is -0.185. The summed E-state index contributed by atoms with van der Waals surface area (Å²) in [5.41, 5.74) is 1.88. The molecule has 0 N–H and O–H groups in total. The van der Waals surface area contributed by atoms with Crippen LogP contribution in [-0.2, 0) is 0 Å². The summed E-state index contributed by atoms with van der Waals surface area (Å²) in [4.78, 5) is 4.30. The van der Waals surface area contributed by atoms with E-state index in [1.807, 2.05) is 13.0 Å². The summed E-state index contributed by atoms with van der Waals surface area (Å²) >= 11 is 0. The minimum absolute atomic E-state index is 0.116. The van der Waals surface area contributed by atoms with Gasteiger partial charge in [-0.1, -0.05) is 32.1 Å². The lowest BCUT2D eigenvalue weighted by Crippen LogP contribution is -2.18. The third kappa shape index (κ3) is 1.70. The van der Waals surface area contributed by atoms with E-state index in [1.54, 1.807) is 0 Å². The van der Waals surface area contributed by atoms with Crippen LogP contribution in [0, 0.1) is 5.41 Å². The summed E-state index contributed by atoms with van der Waals surface area (Å²) in [6.07, 6.45) is 5.17. The molecule has 2 atom stereocenters. The standard InChI is InChI=1S/C15H22FN/c1-7-14(11(3)9-10-12(4)16)13(5)15(14,8-2)17-6/h9-10H,5-8H2,1-4H3/b11-9+,12-10+. The maximum atomic E-state index is 12.8. The Balaban J connectivity index is 3.18. The maximum absolute atomic E-state index is 12.8. The summed E-state index contributed by atoms with van der Waals surface area (Å²) in [7, 11) is 0. The molecule has 1 aliphatic carbocycles. The SMILES string of the molecule is C=NC1(CC)C(=C)C1(CC)/C(C)=C/C=C(\C)F. The largest absolute Gasteiger partial charge is 0.289 e. The monoisotopic (exact) mass is 235 g/mol. The molecule has 1 aliphatic rings. The number of nitrogens with zero attached hydrogens (tertiary/aromatic N) is 1. The average molecular weight is 235 g/mol. The third-order valence-corrected chi connectivity index (χ3v) is 4.21. The predicted molar refractivity (Wildman–Crippen MR) is 73.1 cm³/mol. The molecule has 0 heterocycles. The molecule has 1 fully saturated rings. The Labute approximate surface area is 104 Å². The lowest BCUT2D eigenvalue weighted by Gasteiger charge is -2.20. The van der Waals surface area contributed by atoms with Crippen molar-refractivity contribution in [2.24, 2.45) is 10.4 Å². The fraction of sp³-hybridized carbons (Fsp3) is 0.533. The molecule has 0 saturated heterocycles. The van der Waals surface area contributed by atoms with Crippen LogP contribution in [0.15, 0.2) is 40.7 Å². The number of rotatable bonds is 5. The van der Waals surface area contributed by atoms with E-state index in [9.17, 15) is 4.39 Å². The lowest BCUT2D eigenvalue weighted by atomic mass is 9.87. The Hall–Kier alpha value is -1.18. The van der Waals surface area contributed by atoms with Crippen LogP contribution in [0.5, 0.6) is 0 Å². The van der Waals surface area contributed by atoms with E-state index < -0.39 is 0 Å². The molecule has 94 valence electrons.